The van der Waals surface area contributed by atoms with Gasteiger partial charge >= 0.3 is 0 Å². The summed E-state index contributed by atoms with van der Waals surface area (Å²) in [5.41, 5.74) is 1.87. The van der Waals surface area contributed by atoms with Gasteiger partial charge in [-0.3, -0.25) is 9.59 Å². The van der Waals surface area contributed by atoms with Crippen molar-refractivity contribution in [1.29, 1.82) is 0 Å². The second kappa shape index (κ2) is 9.42. The molecule has 0 aromatic heterocycles. The fourth-order valence-electron chi connectivity index (χ4n) is 2.44. The third-order valence-electron chi connectivity index (χ3n) is 3.86. The van der Waals surface area contributed by atoms with Crippen LogP contribution in [0.25, 0.3) is 0 Å². The Kier molecular flexibility index (Phi) is 6.97. The van der Waals surface area contributed by atoms with E-state index >= 15 is 0 Å². The molecule has 1 atom stereocenters. The zero-order chi connectivity index (χ0) is 18.9. The van der Waals surface area contributed by atoms with E-state index in [2.05, 4.69) is 17.2 Å². The van der Waals surface area contributed by atoms with Gasteiger partial charge in [-0.1, -0.05) is 43.3 Å². The maximum absolute atomic E-state index is 12.5. The van der Waals surface area contributed by atoms with Gasteiger partial charge in [0.2, 0.25) is 0 Å². The second-order valence-electron chi connectivity index (χ2n) is 5.75. The predicted octanol–water partition coefficient (Wildman–Crippen LogP) is 3.57. The molecule has 0 aliphatic carbocycles. The van der Waals surface area contributed by atoms with Crippen LogP contribution in [0.3, 0.4) is 0 Å². The molecule has 2 rings (SSSR count). The van der Waals surface area contributed by atoms with Gasteiger partial charge in [-0.2, -0.15) is 0 Å². The van der Waals surface area contributed by atoms with Gasteiger partial charge in [0, 0.05) is 6.54 Å². The quantitative estimate of drug-likeness (QED) is 0.714. The molecule has 0 spiro atoms. The van der Waals surface area contributed by atoms with Gasteiger partial charge in [0.05, 0.1) is 11.3 Å². The highest BCUT2D eigenvalue weighted by molar-refractivity contribution is 6.04. The van der Waals surface area contributed by atoms with Crippen molar-refractivity contribution >= 4 is 17.5 Å². The molecule has 2 aromatic rings. The number of amides is 2. The molecule has 5 nitrogen and oxygen atoms in total. The van der Waals surface area contributed by atoms with Crippen molar-refractivity contribution in [3.63, 3.8) is 0 Å². The van der Waals surface area contributed by atoms with E-state index in [9.17, 15) is 9.59 Å². The summed E-state index contributed by atoms with van der Waals surface area (Å²) in [7, 11) is 0. The standard InChI is InChI=1S/C21H24N2O3/c1-4-14-22-21(25)17-11-7-8-12-18(17)23-20(24)15(3)26-19-13-9-6-10-16(19)5-2/h4,6-13,15H,1,5,14H2,2-3H3,(H,22,25)(H,23,24). The Balaban J connectivity index is 2.09. The van der Waals surface area contributed by atoms with Gasteiger partial charge < -0.3 is 15.4 Å². The highest BCUT2D eigenvalue weighted by Gasteiger charge is 2.19. The zero-order valence-corrected chi connectivity index (χ0v) is 15.1. The van der Waals surface area contributed by atoms with Crippen molar-refractivity contribution in [2.24, 2.45) is 0 Å². The summed E-state index contributed by atoms with van der Waals surface area (Å²) in [6.07, 6.45) is 1.71. The minimum Gasteiger partial charge on any atom is -0.481 e. The van der Waals surface area contributed by atoms with E-state index in [4.69, 9.17) is 4.74 Å². The molecule has 0 aliphatic rings. The van der Waals surface area contributed by atoms with Crippen LogP contribution in [0, 0.1) is 0 Å². The monoisotopic (exact) mass is 352 g/mol. The first-order valence-electron chi connectivity index (χ1n) is 8.60. The van der Waals surface area contributed by atoms with E-state index in [0.717, 1.165) is 12.0 Å². The van der Waals surface area contributed by atoms with Crippen molar-refractivity contribution in [1.82, 2.24) is 5.32 Å². The van der Waals surface area contributed by atoms with E-state index in [0.29, 0.717) is 23.5 Å². The maximum Gasteiger partial charge on any atom is 0.265 e. The number of benzene rings is 2. The molecule has 0 saturated heterocycles. The molecule has 0 aliphatic heterocycles. The summed E-state index contributed by atoms with van der Waals surface area (Å²) < 4.78 is 5.81. The normalized spacial score (nSPS) is 11.3. The van der Waals surface area contributed by atoms with Crippen LogP contribution in [0.4, 0.5) is 5.69 Å². The molecule has 5 heteroatoms. The Hall–Kier alpha value is -3.08. The fraction of sp³-hybridized carbons (Fsp3) is 0.238. The molecule has 1 unspecified atom stereocenters. The number of ether oxygens (including phenoxy) is 1. The van der Waals surface area contributed by atoms with E-state index < -0.39 is 6.10 Å². The van der Waals surface area contributed by atoms with E-state index in [1.165, 1.54) is 0 Å². The molecular weight excluding hydrogens is 328 g/mol. The lowest BCUT2D eigenvalue weighted by atomic mass is 10.1. The Morgan fingerprint density at radius 2 is 1.85 bits per heavy atom. The Bertz CT molecular complexity index is 786. The first-order valence-corrected chi connectivity index (χ1v) is 8.60. The van der Waals surface area contributed by atoms with Crippen molar-refractivity contribution in [3.05, 3.63) is 72.3 Å². The lowest BCUT2D eigenvalue weighted by Crippen LogP contribution is -2.32. The number of carbonyl (C=O) groups is 2. The minimum absolute atomic E-state index is 0.272. The van der Waals surface area contributed by atoms with E-state index in [-0.39, 0.29) is 11.8 Å². The second-order valence-corrected chi connectivity index (χ2v) is 5.75. The number of nitrogens with one attached hydrogen (secondary N) is 2. The highest BCUT2D eigenvalue weighted by atomic mass is 16.5. The van der Waals surface area contributed by atoms with Gasteiger partial charge in [0.25, 0.3) is 11.8 Å². The summed E-state index contributed by atoms with van der Waals surface area (Å²) in [6.45, 7) is 7.64. The summed E-state index contributed by atoms with van der Waals surface area (Å²) in [5.74, 6) is 0.0974. The number of rotatable bonds is 8. The number of aryl methyl sites for hydroxylation is 1. The molecule has 0 bridgehead atoms. The zero-order valence-electron chi connectivity index (χ0n) is 15.1. The molecule has 136 valence electrons. The third-order valence-corrected chi connectivity index (χ3v) is 3.86. The average molecular weight is 352 g/mol. The Morgan fingerprint density at radius 1 is 1.15 bits per heavy atom. The predicted molar refractivity (Wildman–Crippen MR) is 104 cm³/mol. The molecule has 0 fully saturated rings. The van der Waals surface area contributed by atoms with Gasteiger partial charge in [-0.15, -0.1) is 6.58 Å². The molecule has 2 amide bonds. The summed E-state index contributed by atoms with van der Waals surface area (Å²) in [5, 5.41) is 5.48. The molecule has 2 aromatic carbocycles. The third kappa shape index (κ3) is 4.96. The first kappa shape index (κ1) is 19.2. The molecule has 2 N–H and O–H groups in total. The van der Waals surface area contributed by atoms with Gasteiger partial charge in [0.1, 0.15) is 5.75 Å². The smallest absolute Gasteiger partial charge is 0.265 e. The van der Waals surface area contributed by atoms with Crippen molar-refractivity contribution in [2.45, 2.75) is 26.4 Å². The Labute approximate surface area is 154 Å². The molecule has 0 saturated carbocycles. The number of para-hydroxylation sites is 2. The highest BCUT2D eigenvalue weighted by Crippen LogP contribution is 2.21. The minimum atomic E-state index is -0.702. The SMILES string of the molecule is C=CCNC(=O)c1ccccc1NC(=O)C(C)Oc1ccccc1CC. The van der Waals surface area contributed by atoms with Crippen molar-refractivity contribution < 1.29 is 14.3 Å². The summed E-state index contributed by atoms with van der Waals surface area (Å²) in [6, 6.07) is 14.5. The number of hydrogen-bond donors (Lipinski definition) is 2. The topological polar surface area (TPSA) is 67.4 Å². The first-order chi connectivity index (χ1) is 12.6. The van der Waals surface area contributed by atoms with E-state index in [1.54, 1.807) is 37.3 Å². The largest absolute Gasteiger partial charge is 0.481 e. The average Bonchev–Trinajstić information content (AvgIpc) is 2.66. The lowest BCUT2D eigenvalue weighted by molar-refractivity contribution is -0.122. The number of carbonyl (C=O) groups excluding carboxylic acids is 2. The van der Waals surface area contributed by atoms with Crippen molar-refractivity contribution in [2.75, 3.05) is 11.9 Å². The molecule has 26 heavy (non-hydrogen) atoms. The molecule has 0 radical (unpaired) electrons. The van der Waals surface area contributed by atoms with Crippen LogP contribution in [-0.2, 0) is 11.2 Å². The van der Waals surface area contributed by atoms with Crippen LogP contribution in [0.15, 0.2) is 61.2 Å². The van der Waals surface area contributed by atoms with Gasteiger partial charge in [0.15, 0.2) is 6.10 Å². The maximum atomic E-state index is 12.5. The van der Waals surface area contributed by atoms with Crippen LogP contribution in [0.1, 0.15) is 29.8 Å². The van der Waals surface area contributed by atoms with Crippen LogP contribution in [0.2, 0.25) is 0 Å². The van der Waals surface area contributed by atoms with Crippen LogP contribution in [-0.4, -0.2) is 24.5 Å². The molecule has 0 heterocycles. The summed E-state index contributed by atoms with van der Waals surface area (Å²) in [4.78, 5) is 24.7. The van der Waals surface area contributed by atoms with Gasteiger partial charge in [-0.05, 0) is 37.1 Å². The lowest BCUT2D eigenvalue weighted by Gasteiger charge is -2.18. The summed E-state index contributed by atoms with van der Waals surface area (Å²) >= 11 is 0. The van der Waals surface area contributed by atoms with Gasteiger partial charge in [-0.25, -0.2) is 0 Å². The molecular formula is C21H24N2O3. The van der Waals surface area contributed by atoms with Crippen LogP contribution < -0.4 is 15.4 Å². The van der Waals surface area contributed by atoms with E-state index in [1.807, 2.05) is 31.2 Å². The van der Waals surface area contributed by atoms with Crippen LogP contribution >= 0.6 is 0 Å². The fourth-order valence-corrected chi connectivity index (χ4v) is 2.44. The van der Waals surface area contributed by atoms with Crippen molar-refractivity contribution in [3.8, 4) is 5.75 Å². The van der Waals surface area contributed by atoms with Crippen LogP contribution in [0.5, 0.6) is 5.75 Å². The number of anilines is 1. The Morgan fingerprint density at radius 3 is 2.58 bits per heavy atom. The number of hydrogen-bond acceptors (Lipinski definition) is 3.